The van der Waals surface area contributed by atoms with Gasteiger partial charge in [0.25, 0.3) is 17.7 Å². The molecule has 1 unspecified atom stereocenters. The summed E-state index contributed by atoms with van der Waals surface area (Å²) in [6, 6.07) is 9.43. The SMILES string of the molecule is CN1CCN([C@@H]2CCCN(c3nnc(C(N)=O)c(Nc4ccc(N5CCC(CN6CCN(c7cc8c(cc7F)C(=O)N(C7CCC(=O)NC7=O)C8=O)CC6)CC5)cc4)n3)C2)C1=O. The summed E-state index contributed by atoms with van der Waals surface area (Å²) in [4.78, 5) is 93.4. The van der Waals surface area contributed by atoms with Crippen LogP contribution in [0.15, 0.2) is 36.4 Å². The van der Waals surface area contributed by atoms with Crippen LogP contribution < -0.4 is 31.1 Å². The first kappa shape index (κ1) is 40.9. The number of anilines is 5. The number of piperidine rings is 3. The van der Waals surface area contributed by atoms with Crippen LogP contribution in [0.1, 0.15) is 69.7 Å². The lowest BCUT2D eigenvalue weighted by molar-refractivity contribution is -0.136. The quantitative estimate of drug-likeness (QED) is 0.248. The van der Waals surface area contributed by atoms with Gasteiger partial charge in [0.05, 0.1) is 22.9 Å². The van der Waals surface area contributed by atoms with E-state index in [9.17, 15) is 28.8 Å². The molecule has 7 amide bonds. The van der Waals surface area contributed by atoms with E-state index >= 15 is 4.39 Å². The van der Waals surface area contributed by atoms with Gasteiger partial charge in [0.1, 0.15) is 11.9 Å². The predicted molar refractivity (Wildman–Crippen MR) is 225 cm³/mol. The predicted octanol–water partition coefficient (Wildman–Crippen LogP) is 1.63. The third kappa shape index (κ3) is 7.93. The number of likely N-dealkylation sites (N-methyl/N-ethyl adjacent to an activating group) is 1. The van der Waals surface area contributed by atoms with E-state index in [1.807, 2.05) is 46.0 Å². The van der Waals surface area contributed by atoms with Crippen LogP contribution in [0, 0.1) is 11.7 Å². The lowest BCUT2D eigenvalue weighted by atomic mass is 9.95. The standard InChI is InChI=1S/C42H50FN13O6/c1-50-15-20-55(42(50)62)28-3-2-12-54(24-28)41-47-37(35(36(44)58)48-49-41)45-26-4-6-27(7-5-26)52-13-10-25(11-14-52)23-51-16-18-53(19-17-51)33-22-30-29(21-31(33)43)39(60)56(40(30)61)32-8-9-34(57)46-38(32)59/h4-7,21-22,25,28,32H,2-3,8-20,23-24H2,1H3,(H2,44,58)(H,45,47,49)(H,46,57,59)/t28-,32?/m1/s1. The first-order valence-corrected chi connectivity index (χ1v) is 21.4. The molecule has 4 N–H and O–H groups in total. The molecule has 3 aromatic rings. The highest BCUT2D eigenvalue weighted by molar-refractivity contribution is 6.23. The normalized spacial score (nSPS) is 22.8. The van der Waals surface area contributed by atoms with Crippen LogP contribution in [0.2, 0.25) is 0 Å². The molecule has 5 saturated heterocycles. The van der Waals surface area contributed by atoms with Gasteiger partial charge in [-0.1, -0.05) is 0 Å². The first-order chi connectivity index (χ1) is 29.9. The zero-order chi connectivity index (χ0) is 43.2. The van der Waals surface area contributed by atoms with E-state index in [4.69, 9.17) is 5.73 Å². The summed E-state index contributed by atoms with van der Waals surface area (Å²) in [6.07, 6.45) is 3.83. The Morgan fingerprint density at radius 1 is 0.839 bits per heavy atom. The van der Waals surface area contributed by atoms with Crippen molar-refractivity contribution in [2.24, 2.45) is 11.7 Å². The Kier molecular flexibility index (Phi) is 11.1. The van der Waals surface area contributed by atoms with Gasteiger partial charge in [-0.3, -0.25) is 39.1 Å². The fourth-order valence-corrected chi connectivity index (χ4v) is 9.63. The summed E-state index contributed by atoms with van der Waals surface area (Å²) in [6.45, 7) is 7.92. The van der Waals surface area contributed by atoms with Crippen LogP contribution in [0.25, 0.3) is 0 Å². The second-order valence-corrected chi connectivity index (χ2v) is 17.0. The second kappa shape index (κ2) is 16.8. The number of hydrogen-bond acceptors (Lipinski definition) is 14. The summed E-state index contributed by atoms with van der Waals surface area (Å²) in [5.41, 5.74) is 7.66. The van der Waals surface area contributed by atoms with Gasteiger partial charge in [-0.15, -0.1) is 10.2 Å². The highest BCUT2D eigenvalue weighted by Gasteiger charge is 2.45. The Hall–Kier alpha value is -6.44. The Morgan fingerprint density at radius 2 is 1.56 bits per heavy atom. The summed E-state index contributed by atoms with van der Waals surface area (Å²) in [7, 11) is 1.81. The number of imide groups is 2. The molecule has 7 heterocycles. The molecule has 0 aliphatic carbocycles. The molecule has 0 radical (unpaired) electrons. The molecule has 326 valence electrons. The Balaban J connectivity index is 0.762. The molecule has 19 nitrogen and oxygen atoms in total. The van der Waals surface area contributed by atoms with Gasteiger partial charge in [0, 0.05) is 96.8 Å². The van der Waals surface area contributed by atoms with Crippen LogP contribution in [0.5, 0.6) is 0 Å². The molecule has 0 spiro atoms. The van der Waals surface area contributed by atoms with Gasteiger partial charge in [0.2, 0.25) is 17.8 Å². The fourth-order valence-electron chi connectivity index (χ4n) is 9.63. The minimum atomic E-state index is -1.11. The number of piperazine rings is 1. The molecule has 62 heavy (non-hydrogen) atoms. The topological polar surface area (TPSA) is 214 Å². The number of carbonyl (C=O) groups excluding carboxylic acids is 6. The number of aromatic nitrogens is 3. The van der Waals surface area contributed by atoms with E-state index in [0.29, 0.717) is 56.8 Å². The molecule has 6 aliphatic rings. The van der Waals surface area contributed by atoms with Crippen LogP contribution >= 0.6 is 0 Å². The third-order valence-corrected chi connectivity index (χ3v) is 13.1. The van der Waals surface area contributed by atoms with Gasteiger partial charge in [-0.25, -0.2) is 9.18 Å². The largest absolute Gasteiger partial charge is 0.372 e. The molecule has 1 aromatic heterocycles. The lowest BCUT2D eigenvalue weighted by Gasteiger charge is -2.40. The van der Waals surface area contributed by atoms with E-state index in [1.165, 1.54) is 6.07 Å². The summed E-state index contributed by atoms with van der Waals surface area (Å²) < 4.78 is 15.5. The van der Waals surface area contributed by atoms with Crippen LogP contribution in [-0.4, -0.2) is 161 Å². The van der Waals surface area contributed by atoms with E-state index in [1.54, 1.807) is 4.90 Å². The van der Waals surface area contributed by atoms with E-state index in [2.05, 4.69) is 35.6 Å². The average Bonchev–Trinajstić information content (AvgIpc) is 3.73. The van der Waals surface area contributed by atoms with Crippen LogP contribution in [0.3, 0.4) is 0 Å². The zero-order valence-corrected chi connectivity index (χ0v) is 34.6. The molecule has 0 bridgehead atoms. The molecule has 5 fully saturated rings. The summed E-state index contributed by atoms with van der Waals surface area (Å²) >= 11 is 0. The highest BCUT2D eigenvalue weighted by Crippen LogP contribution is 2.34. The van der Waals surface area contributed by atoms with Crippen molar-refractivity contribution in [3.63, 3.8) is 0 Å². The lowest BCUT2D eigenvalue weighted by Crippen LogP contribution is -2.54. The van der Waals surface area contributed by atoms with Gasteiger partial charge in [0.15, 0.2) is 11.5 Å². The van der Waals surface area contributed by atoms with Crippen molar-refractivity contribution in [2.75, 3.05) is 99.1 Å². The summed E-state index contributed by atoms with van der Waals surface area (Å²) in [5, 5.41) is 13.8. The minimum absolute atomic E-state index is 0.0120. The van der Waals surface area contributed by atoms with Crippen molar-refractivity contribution < 1.29 is 33.2 Å². The third-order valence-electron chi connectivity index (χ3n) is 13.1. The van der Waals surface area contributed by atoms with Gasteiger partial charge in [-0.2, -0.15) is 4.98 Å². The Morgan fingerprint density at radius 3 is 2.24 bits per heavy atom. The minimum Gasteiger partial charge on any atom is -0.372 e. The van der Waals surface area contributed by atoms with Crippen LogP contribution in [-0.2, 0) is 9.59 Å². The number of urea groups is 1. The van der Waals surface area contributed by atoms with Crippen molar-refractivity contribution in [1.29, 1.82) is 0 Å². The maximum atomic E-state index is 15.5. The number of rotatable bonds is 10. The van der Waals surface area contributed by atoms with Crippen molar-refractivity contribution in [3.8, 4) is 0 Å². The average molecular weight is 852 g/mol. The number of fused-ring (bicyclic) bond motifs is 1. The monoisotopic (exact) mass is 851 g/mol. The summed E-state index contributed by atoms with van der Waals surface area (Å²) in [5.74, 6) is -2.79. The molecule has 6 aliphatic heterocycles. The van der Waals surface area contributed by atoms with Gasteiger partial charge >= 0.3 is 6.03 Å². The molecule has 2 atom stereocenters. The van der Waals surface area contributed by atoms with Crippen molar-refractivity contribution >= 4 is 64.4 Å². The second-order valence-electron chi connectivity index (χ2n) is 17.0. The first-order valence-electron chi connectivity index (χ1n) is 21.4. The molecular weight excluding hydrogens is 802 g/mol. The van der Waals surface area contributed by atoms with E-state index < -0.39 is 41.4 Å². The van der Waals surface area contributed by atoms with Crippen molar-refractivity contribution in [1.82, 2.24) is 40.1 Å². The number of amides is 7. The Bertz CT molecular complexity index is 2300. The smallest absolute Gasteiger partial charge is 0.320 e. The molecule has 9 rings (SSSR count). The number of carbonyl (C=O) groups is 6. The number of primary amides is 1. The molecule has 2 aromatic carbocycles. The maximum absolute atomic E-state index is 15.5. The van der Waals surface area contributed by atoms with Gasteiger partial charge < -0.3 is 35.6 Å². The molecule has 20 heteroatoms. The maximum Gasteiger partial charge on any atom is 0.320 e. The molecular formula is C42H50FN13O6. The number of nitrogens with one attached hydrogen (secondary N) is 2. The van der Waals surface area contributed by atoms with E-state index in [-0.39, 0.29) is 53.2 Å². The number of nitrogens with zero attached hydrogens (tertiary/aromatic N) is 10. The number of benzene rings is 2. The Labute approximate surface area is 357 Å². The zero-order valence-electron chi connectivity index (χ0n) is 34.6. The van der Waals surface area contributed by atoms with E-state index in [0.717, 1.165) is 75.1 Å². The molecule has 0 saturated carbocycles. The number of nitrogens with two attached hydrogens (primary N) is 1. The van der Waals surface area contributed by atoms with Crippen LogP contribution in [0.4, 0.5) is 38.0 Å². The number of halogens is 1. The van der Waals surface area contributed by atoms with Gasteiger partial charge in [-0.05, 0) is 74.4 Å². The van der Waals surface area contributed by atoms with Crippen molar-refractivity contribution in [2.45, 2.75) is 50.6 Å². The fraction of sp³-hybridized carbons (Fsp3) is 0.500. The number of hydrogen-bond donors (Lipinski definition) is 3. The van der Waals surface area contributed by atoms with Crippen molar-refractivity contribution in [3.05, 3.63) is 59.0 Å². The highest BCUT2D eigenvalue weighted by atomic mass is 19.1.